The van der Waals surface area contributed by atoms with Gasteiger partial charge in [-0.25, -0.2) is 0 Å². The Labute approximate surface area is 52.3 Å². The molecule has 6 heteroatoms. The van der Waals surface area contributed by atoms with E-state index in [9.17, 15) is 18.0 Å². The van der Waals surface area contributed by atoms with Crippen molar-refractivity contribution in [2.45, 2.75) is 12.7 Å². The predicted molar refractivity (Wildman–Crippen MR) is 28.6 cm³/mol. The van der Waals surface area contributed by atoms with Gasteiger partial charge in [-0.1, -0.05) is 6.55 Å². The van der Waals surface area contributed by atoms with Crippen LogP contribution in [0.25, 0.3) is 0 Å². The van der Waals surface area contributed by atoms with E-state index < -0.39 is 21.8 Å². The number of hydrogen-bond donors (Lipinski definition) is 1. The highest BCUT2D eigenvalue weighted by Gasteiger charge is 2.37. The van der Waals surface area contributed by atoms with Crippen LogP contribution in [0.1, 0.15) is 0 Å². The molecule has 0 fully saturated rings. The maximum Gasteiger partial charge on any atom is 0.470 e. The van der Waals surface area contributed by atoms with Crippen molar-refractivity contribution in [2.24, 2.45) is 0 Å². The van der Waals surface area contributed by atoms with Gasteiger partial charge in [-0.3, -0.25) is 4.79 Å². The zero-order valence-electron chi connectivity index (χ0n) is 4.75. The minimum Gasteiger partial charge on any atom is -0.380 e. The van der Waals surface area contributed by atoms with Gasteiger partial charge in [0.2, 0.25) is 0 Å². The zero-order valence-corrected chi connectivity index (χ0v) is 6.16. The second-order valence-corrected chi connectivity index (χ2v) is 2.42. The normalized spacial score (nSPS) is 12.4. The Morgan fingerprint density at radius 2 is 2.00 bits per heavy atom. The van der Waals surface area contributed by atoms with Crippen molar-refractivity contribution >= 4 is 15.6 Å². The van der Waals surface area contributed by atoms with E-state index >= 15 is 0 Å². The molecule has 54 valence electrons. The summed E-state index contributed by atoms with van der Waals surface area (Å²) in [6.45, 7) is 1.56. The monoisotopic (exact) mass is 157 g/mol. The second-order valence-electron chi connectivity index (χ2n) is 1.36. The molecule has 0 aliphatic heterocycles. The van der Waals surface area contributed by atoms with E-state index in [2.05, 4.69) is 0 Å². The van der Waals surface area contributed by atoms with E-state index in [1.807, 2.05) is 0 Å². The Kier molecular flexibility index (Phi) is 2.69. The summed E-state index contributed by atoms with van der Waals surface area (Å²) in [5.74, 6) is -1.82. The van der Waals surface area contributed by atoms with Gasteiger partial charge in [0.1, 0.15) is 9.68 Å². The van der Waals surface area contributed by atoms with E-state index in [1.54, 1.807) is 11.5 Å². The molecule has 0 atom stereocenters. The van der Waals surface area contributed by atoms with Gasteiger partial charge in [0, 0.05) is 0 Å². The van der Waals surface area contributed by atoms with Crippen LogP contribution in [0.2, 0.25) is 6.55 Å². The van der Waals surface area contributed by atoms with Crippen LogP contribution in [-0.4, -0.2) is 21.8 Å². The Bertz CT molecular complexity index is 112. The molecule has 0 rings (SSSR count). The quantitative estimate of drug-likeness (QED) is 0.524. The fraction of sp³-hybridized carbons (Fsp3) is 0.667. The third kappa shape index (κ3) is 3.12. The Balaban J connectivity index is 3.74. The van der Waals surface area contributed by atoms with Crippen molar-refractivity contribution in [3.05, 3.63) is 0 Å². The van der Waals surface area contributed by atoms with Gasteiger partial charge in [0.05, 0.1) is 0 Å². The standard InChI is InChI=1S/C3H6F3NOSi/c1-9-7-2(8)3(4,5)6/h9H2,1H3,(H,7,8). The highest BCUT2D eigenvalue weighted by Crippen LogP contribution is 2.13. The summed E-state index contributed by atoms with van der Waals surface area (Å²) >= 11 is 0. The van der Waals surface area contributed by atoms with Crippen LogP contribution in [0.15, 0.2) is 0 Å². The highest BCUT2D eigenvalue weighted by atomic mass is 28.2. The van der Waals surface area contributed by atoms with E-state index in [0.29, 0.717) is 0 Å². The summed E-state index contributed by atoms with van der Waals surface area (Å²) in [6, 6.07) is 0. The molecule has 0 spiro atoms. The Morgan fingerprint density at radius 1 is 1.56 bits per heavy atom. The van der Waals surface area contributed by atoms with Gasteiger partial charge in [-0.05, 0) is 0 Å². The number of amides is 1. The first-order valence-corrected chi connectivity index (χ1v) is 4.45. The summed E-state index contributed by atoms with van der Waals surface area (Å²) in [5.41, 5.74) is 0. The number of hydrogen-bond acceptors (Lipinski definition) is 1. The van der Waals surface area contributed by atoms with Crippen molar-refractivity contribution < 1.29 is 18.0 Å². The molecule has 0 saturated heterocycles. The van der Waals surface area contributed by atoms with E-state index in [4.69, 9.17) is 0 Å². The Hall–Kier alpha value is -0.523. The van der Waals surface area contributed by atoms with Crippen LogP contribution in [-0.2, 0) is 4.79 Å². The van der Waals surface area contributed by atoms with Crippen LogP contribution in [0.4, 0.5) is 13.2 Å². The van der Waals surface area contributed by atoms with Gasteiger partial charge < -0.3 is 4.98 Å². The lowest BCUT2D eigenvalue weighted by Gasteiger charge is -2.03. The van der Waals surface area contributed by atoms with Gasteiger partial charge >= 0.3 is 12.1 Å². The number of alkyl halides is 3. The number of nitrogens with one attached hydrogen (secondary N) is 1. The van der Waals surface area contributed by atoms with E-state index in [-0.39, 0.29) is 0 Å². The smallest absolute Gasteiger partial charge is 0.380 e. The molecule has 9 heavy (non-hydrogen) atoms. The molecule has 0 radical (unpaired) electrons. The van der Waals surface area contributed by atoms with Gasteiger partial charge in [-0.15, -0.1) is 0 Å². The molecule has 0 unspecified atom stereocenters. The lowest BCUT2D eigenvalue weighted by atomic mass is 10.6. The third-order valence-electron chi connectivity index (χ3n) is 0.595. The van der Waals surface area contributed by atoms with Crippen molar-refractivity contribution in [2.75, 3.05) is 0 Å². The van der Waals surface area contributed by atoms with Crippen molar-refractivity contribution in [1.29, 1.82) is 0 Å². The maximum atomic E-state index is 11.2. The number of rotatable bonds is 1. The summed E-state index contributed by atoms with van der Waals surface area (Å²) < 4.78 is 33.7. The van der Waals surface area contributed by atoms with Crippen LogP contribution in [0.3, 0.4) is 0 Å². The molecule has 0 aliphatic carbocycles. The lowest BCUT2D eigenvalue weighted by molar-refractivity contribution is -0.171. The molecule has 0 aromatic heterocycles. The molecule has 0 aromatic carbocycles. The van der Waals surface area contributed by atoms with Crippen LogP contribution < -0.4 is 4.98 Å². The van der Waals surface area contributed by atoms with Gasteiger partial charge in [-0.2, -0.15) is 13.2 Å². The first-order chi connectivity index (χ1) is 3.98. The molecule has 0 aliphatic rings. The number of halogens is 3. The minimum absolute atomic E-state index is 1.03. The number of carbonyl (C=O) groups excluding carboxylic acids is 1. The van der Waals surface area contributed by atoms with Crippen molar-refractivity contribution in [3.63, 3.8) is 0 Å². The summed E-state index contributed by atoms with van der Waals surface area (Å²) in [4.78, 5) is 11.6. The van der Waals surface area contributed by atoms with Crippen molar-refractivity contribution in [3.8, 4) is 0 Å². The van der Waals surface area contributed by atoms with Crippen LogP contribution in [0, 0.1) is 0 Å². The molecule has 0 heterocycles. The fourth-order valence-electron chi connectivity index (χ4n) is 0.261. The molecule has 2 nitrogen and oxygen atoms in total. The highest BCUT2D eigenvalue weighted by molar-refractivity contribution is 6.35. The molecule has 1 N–H and O–H groups in total. The first-order valence-electron chi connectivity index (χ1n) is 2.33. The van der Waals surface area contributed by atoms with Crippen LogP contribution >= 0.6 is 0 Å². The van der Waals surface area contributed by atoms with Crippen molar-refractivity contribution in [1.82, 2.24) is 4.98 Å². The molecule has 0 aromatic rings. The molecule has 0 saturated carbocycles. The van der Waals surface area contributed by atoms with E-state index in [1.165, 1.54) is 0 Å². The van der Waals surface area contributed by atoms with Gasteiger partial charge in [0.25, 0.3) is 0 Å². The predicted octanol–water partition coefficient (Wildman–Crippen LogP) is -0.203. The van der Waals surface area contributed by atoms with E-state index in [0.717, 1.165) is 0 Å². The zero-order chi connectivity index (χ0) is 7.49. The topological polar surface area (TPSA) is 29.1 Å². The third-order valence-corrected chi connectivity index (χ3v) is 1.27. The molecule has 1 amide bonds. The molecular weight excluding hydrogens is 151 g/mol. The Morgan fingerprint density at radius 3 is 2.11 bits per heavy atom. The summed E-state index contributed by atoms with van der Waals surface area (Å²) in [5, 5.41) is 0. The largest absolute Gasteiger partial charge is 0.470 e. The SMILES string of the molecule is C[SiH2]NC(=O)C(F)(F)F. The fourth-order valence-corrected chi connectivity index (χ4v) is 0.782. The average Bonchev–Trinajstić information content (AvgIpc) is 1.64. The maximum absolute atomic E-state index is 11.2. The van der Waals surface area contributed by atoms with Gasteiger partial charge in [0.15, 0.2) is 0 Å². The number of carbonyl (C=O) groups is 1. The minimum atomic E-state index is -4.71. The lowest BCUT2D eigenvalue weighted by Crippen LogP contribution is -2.37. The molecular formula is C3H6F3NOSi. The second kappa shape index (κ2) is 2.86. The summed E-state index contributed by atoms with van der Waals surface area (Å²) in [7, 11) is -1.03. The first kappa shape index (κ1) is 8.48. The van der Waals surface area contributed by atoms with Crippen LogP contribution in [0.5, 0.6) is 0 Å². The summed E-state index contributed by atoms with van der Waals surface area (Å²) in [6.07, 6.45) is -4.71. The molecule has 0 bridgehead atoms. The average molecular weight is 157 g/mol.